The molecule has 2 aromatic carbocycles. The van der Waals surface area contributed by atoms with Gasteiger partial charge in [0.1, 0.15) is 0 Å². The van der Waals surface area contributed by atoms with Crippen LogP contribution in [0, 0.1) is 6.92 Å². The van der Waals surface area contributed by atoms with E-state index in [0.29, 0.717) is 19.2 Å². The van der Waals surface area contributed by atoms with Crippen LogP contribution in [0.2, 0.25) is 0 Å². The molecule has 0 unspecified atom stereocenters. The second kappa shape index (κ2) is 7.61. The monoisotopic (exact) mass is 398 g/mol. The standard InChI is InChI=1S/C19H21F3N2O2S/c1-15-5-7-16(8-6-15)14-23-9-11-24(12-10-23)27(25,26)18-4-2-3-17(13-18)19(20,21)22/h2-8,13H,9-12,14H2,1H3. The van der Waals surface area contributed by atoms with Crippen LogP contribution in [0.1, 0.15) is 16.7 Å². The van der Waals surface area contributed by atoms with E-state index in [1.807, 2.05) is 31.2 Å². The van der Waals surface area contributed by atoms with E-state index >= 15 is 0 Å². The van der Waals surface area contributed by atoms with E-state index in [1.54, 1.807) is 0 Å². The lowest BCUT2D eigenvalue weighted by Crippen LogP contribution is -2.48. The van der Waals surface area contributed by atoms with E-state index in [1.165, 1.54) is 15.9 Å². The topological polar surface area (TPSA) is 40.6 Å². The summed E-state index contributed by atoms with van der Waals surface area (Å²) in [5.74, 6) is 0. The molecule has 4 nitrogen and oxygen atoms in total. The molecule has 27 heavy (non-hydrogen) atoms. The second-order valence-electron chi connectivity index (χ2n) is 6.69. The number of piperazine rings is 1. The largest absolute Gasteiger partial charge is 0.416 e. The fourth-order valence-electron chi connectivity index (χ4n) is 3.06. The Labute approximate surface area is 157 Å². The summed E-state index contributed by atoms with van der Waals surface area (Å²) in [5, 5.41) is 0. The molecule has 0 spiro atoms. The molecule has 0 amide bonds. The highest BCUT2D eigenvalue weighted by Crippen LogP contribution is 2.31. The van der Waals surface area contributed by atoms with Crippen molar-refractivity contribution in [3.8, 4) is 0 Å². The van der Waals surface area contributed by atoms with Crippen LogP contribution >= 0.6 is 0 Å². The van der Waals surface area contributed by atoms with Crippen molar-refractivity contribution in [3.63, 3.8) is 0 Å². The quantitative estimate of drug-likeness (QED) is 0.791. The first-order chi connectivity index (χ1) is 12.7. The number of hydrogen-bond donors (Lipinski definition) is 0. The van der Waals surface area contributed by atoms with Crippen LogP contribution in [0.3, 0.4) is 0 Å². The highest BCUT2D eigenvalue weighted by atomic mass is 32.2. The van der Waals surface area contributed by atoms with Gasteiger partial charge in [-0.3, -0.25) is 4.90 Å². The molecule has 2 aromatic rings. The lowest BCUT2D eigenvalue weighted by Gasteiger charge is -2.34. The van der Waals surface area contributed by atoms with E-state index in [0.717, 1.165) is 24.2 Å². The Kier molecular flexibility index (Phi) is 5.60. The van der Waals surface area contributed by atoms with Gasteiger partial charge in [0.2, 0.25) is 10.0 Å². The molecule has 0 saturated carbocycles. The van der Waals surface area contributed by atoms with E-state index in [-0.39, 0.29) is 18.0 Å². The van der Waals surface area contributed by atoms with Crippen molar-refractivity contribution >= 4 is 10.0 Å². The summed E-state index contributed by atoms with van der Waals surface area (Å²) in [5.41, 5.74) is 1.37. The van der Waals surface area contributed by atoms with Crippen LogP contribution in [0.15, 0.2) is 53.4 Å². The SMILES string of the molecule is Cc1ccc(CN2CCN(S(=O)(=O)c3cccc(C(F)(F)F)c3)CC2)cc1. The summed E-state index contributed by atoms with van der Waals surface area (Å²) < 4.78 is 65.3. The lowest BCUT2D eigenvalue weighted by atomic mass is 10.1. The number of aryl methyl sites for hydroxylation is 1. The zero-order valence-corrected chi connectivity index (χ0v) is 15.7. The molecule has 0 atom stereocenters. The van der Waals surface area contributed by atoms with E-state index in [9.17, 15) is 21.6 Å². The minimum absolute atomic E-state index is 0.254. The number of benzene rings is 2. The summed E-state index contributed by atoms with van der Waals surface area (Å²) in [6.07, 6.45) is -4.57. The molecular formula is C19H21F3N2O2S. The fraction of sp³-hybridized carbons (Fsp3) is 0.368. The highest BCUT2D eigenvalue weighted by Gasteiger charge is 2.33. The molecule has 146 valence electrons. The lowest BCUT2D eigenvalue weighted by molar-refractivity contribution is -0.137. The Hall–Kier alpha value is -1.90. The Bertz CT molecular complexity index is 888. The van der Waals surface area contributed by atoms with Crippen LogP contribution in [0.25, 0.3) is 0 Å². The number of alkyl halides is 3. The molecule has 1 saturated heterocycles. The summed E-state index contributed by atoms with van der Waals surface area (Å²) in [6.45, 7) is 4.31. The maximum atomic E-state index is 12.9. The van der Waals surface area contributed by atoms with Gasteiger partial charge >= 0.3 is 6.18 Å². The Morgan fingerprint density at radius 2 is 1.59 bits per heavy atom. The molecule has 0 aliphatic carbocycles. The second-order valence-corrected chi connectivity index (χ2v) is 8.63. The van der Waals surface area contributed by atoms with Crippen LogP contribution in [-0.2, 0) is 22.7 Å². The van der Waals surface area contributed by atoms with Gasteiger partial charge < -0.3 is 0 Å². The molecule has 0 aromatic heterocycles. The van der Waals surface area contributed by atoms with Crippen LogP contribution in [0.5, 0.6) is 0 Å². The fourth-order valence-corrected chi connectivity index (χ4v) is 4.53. The van der Waals surface area contributed by atoms with Crippen LogP contribution in [-0.4, -0.2) is 43.8 Å². The van der Waals surface area contributed by atoms with Gasteiger partial charge in [-0.2, -0.15) is 17.5 Å². The normalized spacial score (nSPS) is 17.2. The summed E-state index contributed by atoms with van der Waals surface area (Å²) >= 11 is 0. The summed E-state index contributed by atoms with van der Waals surface area (Å²) in [6, 6.07) is 12.1. The third kappa shape index (κ3) is 4.69. The number of rotatable bonds is 4. The minimum Gasteiger partial charge on any atom is -0.296 e. The maximum absolute atomic E-state index is 12.9. The van der Waals surface area contributed by atoms with Gasteiger partial charge in [-0.05, 0) is 30.7 Å². The molecule has 1 aliphatic heterocycles. The van der Waals surface area contributed by atoms with E-state index in [4.69, 9.17) is 0 Å². The predicted octanol–water partition coefficient (Wildman–Crippen LogP) is 3.52. The molecule has 1 fully saturated rings. The Morgan fingerprint density at radius 3 is 2.19 bits per heavy atom. The minimum atomic E-state index is -4.57. The van der Waals surface area contributed by atoms with Gasteiger partial charge in [0, 0.05) is 32.7 Å². The maximum Gasteiger partial charge on any atom is 0.416 e. The van der Waals surface area contributed by atoms with Crippen molar-refractivity contribution < 1.29 is 21.6 Å². The zero-order valence-electron chi connectivity index (χ0n) is 14.9. The molecular weight excluding hydrogens is 377 g/mol. The van der Waals surface area contributed by atoms with Gasteiger partial charge in [-0.25, -0.2) is 8.42 Å². The van der Waals surface area contributed by atoms with Crippen molar-refractivity contribution in [2.75, 3.05) is 26.2 Å². The van der Waals surface area contributed by atoms with E-state index in [2.05, 4.69) is 4.90 Å². The number of hydrogen-bond acceptors (Lipinski definition) is 3. The van der Waals surface area contributed by atoms with Crippen LogP contribution in [0.4, 0.5) is 13.2 Å². The first kappa shape index (κ1) is 19.9. The first-order valence-corrected chi connectivity index (χ1v) is 10.1. The average molecular weight is 398 g/mol. The van der Waals surface area contributed by atoms with Gasteiger partial charge in [0.05, 0.1) is 10.5 Å². The van der Waals surface area contributed by atoms with Crippen molar-refractivity contribution in [3.05, 3.63) is 65.2 Å². The third-order valence-corrected chi connectivity index (χ3v) is 6.55. The molecule has 0 radical (unpaired) electrons. The molecule has 3 rings (SSSR count). The summed E-state index contributed by atoms with van der Waals surface area (Å²) in [7, 11) is -3.94. The Balaban J connectivity index is 1.67. The van der Waals surface area contributed by atoms with Gasteiger partial charge in [-0.15, -0.1) is 0 Å². The zero-order chi connectivity index (χ0) is 19.7. The van der Waals surface area contributed by atoms with Crippen molar-refractivity contribution in [1.82, 2.24) is 9.21 Å². The average Bonchev–Trinajstić information content (AvgIpc) is 2.63. The van der Waals surface area contributed by atoms with Crippen molar-refractivity contribution in [2.45, 2.75) is 24.5 Å². The van der Waals surface area contributed by atoms with Crippen LogP contribution < -0.4 is 0 Å². The molecule has 1 heterocycles. The number of sulfonamides is 1. The third-order valence-electron chi connectivity index (χ3n) is 4.66. The van der Waals surface area contributed by atoms with Gasteiger partial charge in [0.25, 0.3) is 0 Å². The van der Waals surface area contributed by atoms with Gasteiger partial charge in [0.15, 0.2) is 0 Å². The van der Waals surface area contributed by atoms with Gasteiger partial charge in [-0.1, -0.05) is 35.9 Å². The molecule has 0 bridgehead atoms. The Morgan fingerprint density at radius 1 is 0.963 bits per heavy atom. The first-order valence-electron chi connectivity index (χ1n) is 8.61. The van der Waals surface area contributed by atoms with Crippen molar-refractivity contribution in [2.24, 2.45) is 0 Å². The predicted molar refractivity (Wildman–Crippen MR) is 96.7 cm³/mol. The van der Waals surface area contributed by atoms with Crippen molar-refractivity contribution in [1.29, 1.82) is 0 Å². The number of nitrogens with zero attached hydrogens (tertiary/aromatic N) is 2. The molecule has 0 N–H and O–H groups in total. The summed E-state index contributed by atoms with van der Waals surface area (Å²) in [4.78, 5) is 1.83. The number of halogens is 3. The molecule has 8 heteroatoms. The molecule has 1 aliphatic rings. The highest BCUT2D eigenvalue weighted by molar-refractivity contribution is 7.89. The van der Waals surface area contributed by atoms with E-state index < -0.39 is 21.8 Å². The smallest absolute Gasteiger partial charge is 0.296 e.